The van der Waals surface area contributed by atoms with Gasteiger partial charge in [-0.15, -0.1) is 11.8 Å². The highest BCUT2D eigenvalue weighted by molar-refractivity contribution is 8.01. The maximum absolute atomic E-state index is 2.13. The minimum Gasteiger partial charge on any atom is -0.138 e. The van der Waals surface area contributed by atoms with E-state index in [1.807, 2.05) is 0 Å². The Hall–Kier alpha value is -0.690. The molecule has 1 aromatic rings. The van der Waals surface area contributed by atoms with Crippen LogP contribution in [-0.2, 0) is 0 Å². The highest BCUT2D eigenvalue weighted by Crippen LogP contribution is 2.07. The fraction of sp³-hybridized carbons (Fsp3) is 0.200. The van der Waals surface area contributed by atoms with E-state index in [1.165, 1.54) is 11.1 Å². The number of hydrogen-bond donors (Lipinski definition) is 0. The van der Waals surface area contributed by atoms with Crippen LogP contribution in [0.1, 0.15) is 11.1 Å². The zero-order valence-corrected chi connectivity index (χ0v) is 7.69. The molecule has 0 saturated heterocycles. The molecule has 11 heavy (non-hydrogen) atoms. The molecule has 1 aromatic carbocycles. The predicted octanol–water partition coefficient (Wildman–Crippen LogP) is 3.33. The minimum atomic E-state index is 1.27. The lowest BCUT2D eigenvalue weighted by Crippen LogP contribution is -1.72. The molecule has 0 saturated carbocycles. The van der Waals surface area contributed by atoms with E-state index in [1.54, 1.807) is 11.8 Å². The lowest BCUT2D eigenvalue weighted by Gasteiger charge is -1.93. The van der Waals surface area contributed by atoms with Crippen LogP contribution >= 0.6 is 11.8 Å². The molecule has 0 aromatic heterocycles. The molecular formula is C10H12S. The summed E-state index contributed by atoms with van der Waals surface area (Å²) < 4.78 is 0. The monoisotopic (exact) mass is 164 g/mol. The summed E-state index contributed by atoms with van der Waals surface area (Å²) in [7, 11) is 0. The Morgan fingerprint density at radius 1 is 1.18 bits per heavy atom. The first-order chi connectivity index (χ1) is 5.33. The maximum atomic E-state index is 2.13. The molecule has 0 fully saturated rings. The van der Waals surface area contributed by atoms with E-state index < -0.39 is 0 Å². The average molecular weight is 164 g/mol. The van der Waals surface area contributed by atoms with Gasteiger partial charge in [-0.1, -0.05) is 29.8 Å². The van der Waals surface area contributed by atoms with Crippen LogP contribution in [0.2, 0.25) is 0 Å². The van der Waals surface area contributed by atoms with Gasteiger partial charge in [-0.25, -0.2) is 0 Å². The molecule has 0 unspecified atom stereocenters. The van der Waals surface area contributed by atoms with Gasteiger partial charge in [0.1, 0.15) is 0 Å². The summed E-state index contributed by atoms with van der Waals surface area (Å²) in [5.41, 5.74) is 2.58. The Morgan fingerprint density at radius 3 is 2.36 bits per heavy atom. The number of aryl methyl sites for hydroxylation is 1. The highest BCUT2D eigenvalue weighted by atomic mass is 32.2. The van der Waals surface area contributed by atoms with Gasteiger partial charge in [0.2, 0.25) is 0 Å². The summed E-state index contributed by atoms with van der Waals surface area (Å²) >= 11 is 1.72. The Morgan fingerprint density at radius 2 is 1.82 bits per heavy atom. The second-order valence-corrected chi connectivity index (χ2v) is 3.19. The number of benzene rings is 1. The van der Waals surface area contributed by atoms with Crippen LogP contribution in [-0.4, -0.2) is 6.26 Å². The molecule has 0 radical (unpaired) electrons. The third-order valence-electron chi connectivity index (χ3n) is 1.47. The van der Waals surface area contributed by atoms with Crippen LogP contribution in [0.3, 0.4) is 0 Å². The van der Waals surface area contributed by atoms with Crippen LogP contribution in [0.4, 0.5) is 0 Å². The molecule has 0 atom stereocenters. The van der Waals surface area contributed by atoms with E-state index in [-0.39, 0.29) is 0 Å². The van der Waals surface area contributed by atoms with E-state index in [2.05, 4.69) is 48.9 Å². The van der Waals surface area contributed by atoms with E-state index in [0.717, 1.165) is 0 Å². The summed E-state index contributed by atoms with van der Waals surface area (Å²) in [5, 5.41) is 2.09. The van der Waals surface area contributed by atoms with Gasteiger partial charge in [-0.2, -0.15) is 0 Å². The smallest absolute Gasteiger partial charge is 0.0142 e. The van der Waals surface area contributed by atoms with Crippen molar-refractivity contribution in [3.63, 3.8) is 0 Å². The van der Waals surface area contributed by atoms with Crippen LogP contribution in [0, 0.1) is 6.92 Å². The van der Waals surface area contributed by atoms with Gasteiger partial charge < -0.3 is 0 Å². The average Bonchev–Trinajstić information content (AvgIpc) is 2.04. The number of rotatable bonds is 2. The quantitative estimate of drug-likeness (QED) is 0.646. The van der Waals surface area contributed by atoms with Crippen LogP contribution in [0.15, 0.2) is 29.7 Å². The lowest BCUT2D eigenvalue weighted by atomic mass is 10.2. The molecule has 0 amide bonds. The van der Waals surface area contributed by atoms with Gasteiger partial charge in [0, 0.05) is 0 Å². The minimum absolute atomic E-state index is 1.27. The standard InChI is InChI=1S/C10H12S/c1-9-3-5-10(6-4-9)7-8-11-2/h3-8H,1-2H3/b8-7-. The van der Waals surface area contributed by atoms with Crippen molar-refractivity contribution in [3.05, 3.63) is 40.8 Å². The van der Waals surface area contributed by atoms with Gasteiger partial charge >= 0.3 is 0 Å². The van der Waals surface area contributed by atoms with Gasteiger partial charge in [-0.05, 0) is 30.2 Å². The summed E-state index contributed by atoms with van der Waals surface area (Å²) in [6.45, 7) is 2.10. The molecule has 0 aliphatic heterocycles. The first-order valence-corrected chi connectivity index (χ1v) is 4.88. The van der Waals surface area contributed by atoms with Gasteiger partial charge in [0.25, 0.3) is 0 Å². The molecule has 0 bridgehead atoms. The molecule has 0 nitrogen and oxygen atoms in total. The lowest BCUT2D eigenvalue weighted by molar-refractivity contribution is 1.46. The molecule has 0 N–H and O–H groups in total. The molecule has 0 aliphatic carbocycles. The Balaban J connectivity index is 2.73. The van der Waals surface area contributed by atoms with Gasteiger partial charge in [0.15, 0.2) is 0 Å². The topological polar surface area (TPSA) is 0 Å². The summed E-state index contributed by atoms with van der Waals surface area (Å²) in [4.78, 5) is 0. The van der Waals surface area contributed by atoms with E-state index >= 15 is 0 Å². The normalized spacial score (nSPS) is 10.7. The highest BCUT2D eigenvalue weighted by Gasteiger charge is 1.84. The zero-order chi connectivity index (χ0) is 8.10. The van der Waals surface area contributed by atoms with Crippen molar-refractivity contribution in [2.45, 2.75) is 6.92 Å². The molecule has 0 spiro atoms. The van der Waals surface area contributed by atoms with Crippen molar-refractivity contribution < 1.29 is 0 Å². The summed E-state index contributed by atoms with van der Waals surface area (Å²) in [5.74, 6) is 0. The Bertz CT molecular complexity index is 234. The summed E-state index contributed by atoms with van der Waals surface area (Å²) in [6.07, 6.45) is 4.18. The molecule has 0 heterocycles. The fourth-order valence-electron chi connectivity index (χ4n) is 0.824. The third kappa shape index (κ3) is 2.81. The molecule has 58 valence electrons. The van der Waals surface area contributed by atoms with Crippen molar-refractivity contribution in [2.75, 3.05) is 6.26 Å². The van der Waals surface area contributed by atoms with Crippen LogP contribution in [0.5, 0.6) is 0 Å². The van der Waals surface area contributed by atoms with Crippen molar-refractivity contribution in [3.8, 4) is 0 Å². The van der Waals surface area contributed by atoms with Crippen LogP contribution in [0.25, 0.3) is 6.08 Å². The predicted molar refractivity (Wildman–Crippen MR) is 53.7 cm³/mol. The number of thioether (sulfide) groups is 1. The van der Waals surface area contributed by atoms with Crippen LogP contribution < -0.4 is 0 Å². The second kappa shape index (κ2) is 4.24. The van der Waals surface area contributed by atoms with Gasteiger partial charge in [0.05, 0.1) is 0 Å². The zero-order valence-electron chi connectivity index (χ0n) is 6.87. The Labute approximate surface area is 72.3 Å². The largest absolute Gasteiger partial charge is 0.138 e. The van der Waals surface area contributed by atoms with Crippen molar-refractivity contribution in [1.82, 2.24) is 0 Å². The van der Waals surface area contributed by atoms with E-state index in [9.17, 15) is 0 Å². The van der Waals surface area contributed by atoms with Crippen molar-refractivity contribution >= 4 is 17.8 Å². The van der Waals surface area contributed by atoms with E-state index in [4.69, 9.17) is 0 Å². The van der Waals surface area contributed by atoms with E-state index in [0.29, 0.717) is 0 Å². The van der Waals surface area contributed by atoms with Crippen molar-refractivity contribution in [1.29, 1.82) is 0 Å². The fourth-order valence-corrected chi connectivity index (χ4v) is 1.12. The molecule has 0 aliphatic rings. The SMILES string of the molecule is CS/C=C\c1ccc(C)cc1. The first-order valence-electron chi connectivity index (χ1n) is 3.59. The van der Waals surface area contributed by atoms with Crippen molar-refractivity contribution in [2.24, 2.45) is 0 Å². The maximum Gasteiger partial charge on any atom is -0.0142 e. The molecule has 1 rings (SSSR count). The summed E-state index contributed by atoms with van der Waals surface area (Å²) in [6, 6.07) is 8.50. The first kappa shape index (κ1) is 8.41. The second-order valence-electron chi connectivity index (χ2n) is 2.45. The Kier molecular flexibility index (Phi) is 3.24. The molecular weight excluding hydrogens is 152 g/mol. The molecule has 1 heteroatoms. The third-order valence-corrected chi connectivity index (χ3v) is 1.88. The van der Waals surface area contributed by atoms with Gasteiger partial charge in [-0.3, -0.25) is 0 Å². The number of hydrogen-bond acceptors (Lipinski definition) is 1.